The summed E-state index contributed by atoms with van der Waals surface area (Å²) >= 11 is 0. The molecule has 4 nitrogen and oxygen atoms in total. The number of carbonyl (C=O) groups is 1. The average molecular weight is 494 g/mol. The van der Waals surface area contributed by atoms with E-state index in [4.69, 9.17) is 14.7 Å². The highest BCUT2D eigenvalue weighted by Gasteiger charge is 2.21. The van der Waals surface area contributed by atoms with Gasteiger partial charge in [-0.05, 0) is 61.1 Å². The molecule has 194 valence electrons. The Morgan fingerprint density at radius 1 is 0.889 bits per heavy atom. The minimum Gasteiger partial charge on any atom is -0.493 e. The molecule has 1 saturated carbocycles. The molecule has 3 rings (SSSR count). The van der Waals surface area contributed by atoms with Gasteiger partial charge >= 0.3 is 5.97 Å². The van der Waals surface area contributed by atoms with E-state index in [2.05, 4.69) is 6.92 Å². The van der Waals surface area contributed by atoms with Crippen LogP contribution in [0.15, 0.2) is 42.5 Å². The van der Waals surface area contributed by atoms with Gasteiger partial charge in [-0.15, -0.1) is 0 Å². The maximum absolute atomic E-state index is 13.7. The molecule has 0 atom stereocenters. The molecule has 0 spiro atoms. The lowest BCUT2D eigenvalue weighted by atomic mass is 9.80. The minimum absolute atomic E-state index is 0.0647. The number of benzene rings is 2. The van der Waals surface area contributed by atoms with Gasteiger partial charge in [0.15, 0.2) is 0 Å². The average Bonchev–Trinajstić information content (AvgIpc) is 2.90. The molecule has 36 heavy (non-hydrogen) atoms. The predicted molar refractivity (Wildman–Crippen MR) is 141 cm³/mol. The summed E-state index contributed by atoms with van der Waals surface area (Å²) in [5.41, 5.74) is 0.266. The van der Waals surface area contributed by atoms with Crippen molar-refractivity contribution >= 4 is 5.97 Å². The molecule has 1 aliphatic rings. The van der Waals surface area contributed by atoms with Gasteiger partial charge in [0.2, 0.25) is 0 Å². The molecule has 0 unspecified atom stereocenters. The summed E-state index contributed by atoms with van der Waals surface area (Å²) in [5.74, 6) is 0.980. The highest BCUT2D eigenvalue weighted by Crippen LogP contribution is 2.32. The molecule has 0 N–H and O–H groups in total. The van der Waals surface area contributed by atoms with Crippen LogP contribution in [0.25, 0.3) is 0 Å². The first-order valence-electron chi connectivity index (χ1n) is 13.7. The van der Waals surface area contributed by atoms with E-state index in [1.807, 2.05) is 0 Å². The Morgan fingerprint density at radius 2 is 1.50 bits per heavy atom. The van der Waals surface area contributed by atoms with Crippen LogP contribution in [0.4, 0.5) is 4.39 Å². The first kappa shape index (κ1) is 27.7. The van der Waals surface area contributed by atoms with Crippen molar-refractivity contribution in [2.75, 3.05) is 6.61 Å². The van der Waals surface area contributed by atoms with Crippen LogP contribution < -0.4 is 9.47 Å². The first-order valence-corrected chi connectivity index (χ1v) is 13.7. The van der Waals surface area contributed by atoms with Crippen molar-refractivity contribution in [2.24, 2.45) is 11.8 Å². The van der Waals surface area contributed by atoms with E-state index in [9.17, 15) is 9.18 Å². The van der Waals surface area contributed by atoms with E-state index < -0.39 is 11.8 Å². The van der Waals surface area contributed by atoms with Crippen molar-refractivity contribution in [3.8, 4) is 17.6 Å². The van der Waals surface area contributed by atoms with Gasteiger partial charge < -0.3 is 9.47 Å². The number of ether oxygens (including phenoxy) is 2. The van der Waals surface area contributed by atoms with Crippen LogP contribution in [0.3, 0.4) is 0 Å². The first-order chi connectivity index (χ1) is 17.6. The Bertz CT molecular complexity index is 974. The molecule has 2 aromatic rings. The Hall–Kier alpha value is -2.87. The predicted octanol–water partition coefficient (Wildman–Crippen LogP) is 8.63. The van der Waals surface area contributed by atoms with E-state index in [0.29, 0.717) is 18.1 Å². The third kappa shape index (κ3) is 9.30. The zero-order valence-corrected chi connectivity index (χ0v) is 21.6. The maximum Gasteiger partial charge on any atom is 0.343 e. The number of unbranched alkanes of at least 4 members (excludes halogenated alkanes) is 7. The van der Waals surface area contributed by atoms with Crippen LogP contribution in [0, 0.1) is 29.0 Å². The lowest BCUT2D eigenvalue weighted by molar-refractivity contribution is 0.0734. The quantitative estimate of drug-likeness (QED) is 0.150. The molecular weight excluding hydrogens is 453 g/mol. The lowest BCUT2D eigenvalue weighted by Crippen LogP contribution is -2.20. The summed E-state index contributed by atoms with van der Waals surface area (Å²) in [4.78, 5) is 12.3. The van der Waals surface area contributed by atoms with Gasteiger partial charge in [-0.3, -0.25) is 0 Å². The summed E-state index contributed by atoms with van der Waals surface area (Å²) in [6.45, 7) is 2.98. The molecule has 0 aromatic heterocycles. The molecule has 0 amide bonds. The molecule has 0 bridgehead atoms. The van der Waals surface area contributed by atoms with Crippen LogP contribution in [0.1, 0.15) is 106 Å². The molecule has 0 aliphatic heterocycles. The topological polar surface area (TPSA) is 59.3 Å². The molecule has 0 heterocycles. The Labute approximate surface area is 215 Å². The van der Waals surface area contributed by atoms with Gasteiger partial charge in [-0.2, -0.15) is 5.26 Å². The number of hydrogen-bond acceptors (Lipinski definition) is 4. The molecule has 0 saturated heterocycles. The number of nitrogens with zero attached hydrogens (tertiary/aromatic N) is 1. The standard InChI is InChI=1S/C31H40FNO3/c1-2-3-4-5-6-7-8-9-10-24-11-13-25(14-12-24)23-35-28-18-15-26(16-19-28)31(34)36-29-20-17-27(22-33)30(32)21-29/h15-21,24-25H,2-14,23H2,1H3. The van der Waals surface area contributed by atoms with Crippen LogP contribution in [0.2, 0.25) is 0 Å². The minimum atomic E-state index is -0.714. The number of esters is 1. The monoisotopic (exact) mass is 493 g/mol. The fraction of sp³-hybridized carbons (Fsp3) is 0.548. The third-order valence-electron chi connectivity index (χ3n) is 7.28. The van der Waals surface area contributed by atoms with E-state index in [0.717, 1.165) is 17.7 Å². The molecule has 1 aliphatic carbocycles. The maximum atomic E-state index is 13.7. The summed E-state index contributed by atoms with van der Waals surface area (Å²) in [6, 6.07) is 12.3. The van der Waals surface area contributed by atoms with Crippen molar-refractivity contribution in [3.63, 3.8) is 0 Å². The van der Waals surface area contributed by atoms with Gasteiger partial charge in [-0.25, -0.2) is 9.18 Å². The van der Waals surface area contributed by atoms with Gasteiger partial charge in [0.25, 0.3) is 0 Å². The van der Waals surface area contributed by atoms with E-state index in [1.54, 1.807) is 30.3 Å². The van der Waals surface area contributed by atoms with Crippen molar-refractivity contribution in [1.29, 1.82) is 5.26 Å². The van der Waals surface area contributed by atoms with Crippen LogP contribution >= 0.6 is 0 Å². The van der Waals surface area contributed by atoms with Crippen LogP contribution in [-0.4, -0.2) is 12.6 Å². The molecule has 2 aromatic carbocycles. The molecular formula is C31H40FNO3. The Morgan fingerprint density at radius 3 is 2.14 bits per heavy atom. The largest absolute Gasteiger partial charge is 0.493 e. The summed E-state index contributed by atoms with van der Waals surface area (Å²) in [7, 11) is 0. The zero-order valence-electron chi connectivity index (χ0n) is 21.6. The third-order valence-corrected chi connectivity index (χ3v) is 7.28. The summed E-state index contributed by atoms with van der Waals surface area (Å²) in [5, 5.41) is 8.80. The van der Waals surface area contributed by atoms with Gasteiger partial charge in [-0.1, -0.05) is 77.6 Å². The second kappa shape index (κ2) is 15.3. The van der Waals surface area contributed by atoms with Crippen molar-refractivity contribution in [2.45, 2.75) is 90.4 Å². The summed E-state index contributed by atoms with van der Waals surface area (Å²) in [6.07, 6.45) is 17.6. The number of rotatable bonds is 14. The normalized spacial score (nSPS) is 17.4. The number of hydrogen-bond donors (Lipinski definition) is 0. The van der Waals surface area contributed by atoms with Crippen molar-refractivity contribution in [1.82, 2.24) is 0 Å². The van der Waals surface area contributed by atoms with Gasteiger partial charge in [0.1, 0.15) is 23.4 Å². The number of halogens is 1. The van der Waals surface area contributed by atoms with E-state index >= 15 is 0 Å². The number of nitriles is 1. The lowest BCUT2D eigenvalue weighted by Gasteiger charge is -2.28. The Kier molecular flexibility index (Phi) is 11.8. The molecule has 0 radical (unpaired) electrons. The van der Waals surface area contributed by atoms with E-state index in [-0.39, 0.29) is 11.3 Å². The fourth-order valence-corrected chi connectivity index (χ4v) is 4.97. The van der Waals surface area contributed by atoms with Crippen molar-refractivity contribution < 1.29 is 18.7 Å². The summed E-state index contributed by atoms with van der Waals surface area (Å²) < 4.78 is 24.9. The van der Waals surface area contributed by atoms with Crippen LogP contribution in [0.5, 0.6) is 11.5 Å². The molecule has 5 heteroatoms. The second-order valence-electron chi connectivity index (χ2n) is 10.1. The highest BCUT2D eigenvalue weighted by molar-refractivity contribution is 5.91. The van der Waals surface area contributed by atoms with Crippen molar-refractivity contribution in [3.05, 3.63) is 59.4 Å². The zero-order chi connectivity index (χ0) is 25.6. The smallest absolute Gasteiger partial charge is 0.343 e. The SMILES string of the molecule is CCCCCCCCCCC1CCC(COc2ccc(C(=O)Oc3ccc(C#N)c(F)c3)cc2)CC1. The Balaban J connectivity index is 1.31. The molecule has 1 fully saturated rings. The number of carbonyl (C=O) groups excluding carboxylic acids is 1. The van der Waals surface area contributed by atoms with E-state index in [1.165, 1.54) is 95.6 Å². The fourth-order valence-electron chi connectivity index (χ4n) is 4.97. The second-order valence-corrected chi connectivity index (χ2v) is 10.1. The van der Waals surface area contributed by atoms with Crippen LogP contribution in [-0.2, 0) is 0 Å². The van der Waals surface area contributed by atoms with Gasteiger partial charge in [0, 0.05) is 6.07 Å². The van der Waals surface area contributed by atoms with Gasteiger partial charge in [0.05, 0.1) is 17.7 Å². The highest BCUT2D eigenvalue weighted by atomic mass is 19.1.